The smallest absolute Gasteiger partial charge is 0.222 e. The highest BCUT2D eigenvalue weighted by Gasteiger charge is 2.18. The van der Waals surface area contributed by atoms with Crippen molar-refractivity contribution in [1.29, 1.82) is 0 Å². The first kappa shape index (κ1) is 14.3. The molecule has 1 N–H and O–H groups in total. The number of aromatic hydroxyl groups is 1. The van der Waals surface area contributed by atoms with Crippen LogP contribution in [-0.4, -0.2) is 26.6 Å². The van der Waals surface area contributed by atoms with Gasteiger partial charge in [0.15, 0.2) is 0 Å². The van der Waals surface area contributed by atoms with E-state index in [2.05, 4.69) is 4.98 Å². The van der Waals surface area contributed by atoms with E-state index in [0.29, 0.717) is 17.3 Å². The SMILES string of the molecule is COc1ncccc1-c1nc(-c2ccccc2O)n2ccccc12. The number of hydrogen-bond acceptors (Lipinski definition) is 4. The summed E-state index contributed by atoms with van der Waals surface area (Å²) in [5, 5.41) is 10.2. The van der Waals surface area contributed by atoms with E-state index in [9.17, 15) is 5.11 Å². The zero-order valence-electron chi connectivity index (χ0n) is 13.0. The van der Waals surface area contributed by atoms with Gasteiger partial charge in [-0.1, -0.05) is 18.2 Å². The highest BCUT2D eigenvalue weighted by molar-refractivity contribution is 5.84. The van der Waals surface area contributed by atoms with Gasteiger partial charge in [-0.3, -0.25) is 4.40 Å². The van der Waals surface area contributed by atoms with Crippen molar-refractivity contribution < 1.29 is 9.84 Å². The van der Waals surface area contributed by atoms with Crippen molar-refractivity contribution in [3.8, 4) is 34.3 Å². The fourth-order valence-corrected chi connectivity index (χ4v) is 2.82. The fourth-order valence-electron chi connectivity index (χ4n) is 2.82. The summed E-state index contributed by atoms with van der Waals surface area (Å²) in [6.07, 6.45) is 3.61. The molecule has 5 nitrogen and oxygen atoms in total. The van der Waals surface area contributed by atoms with Crippen molar-refractivity contribution in [2.24, 2.45) is 0 Å². The molecule has 0 bridgehead atoms. The zero-order chi connectivity index (χ0) is 16.5. The molecule has 0 radical (unpaired) electrons. The summed E-state index contributed by atoms with van der Waals surface area (Å²) in [6.45, 7) is 0. The number of para-hydroxylation sites is 1. The number of rotatable bonds is 3. The summed E-state index contributed by atoms with van der Waals surface area (Å²) in [6, 6.07) is 16.8. The summed E-state index contributed by atoms with van der Waals surface area (Å²) in [7, 11) is 1.59. The van der Waals surface area contributed by atoms with Gasteiger partial charge in [0.1, 0.15) is 17.3 Å². The van der Waals surface area contributed by atoms with Gasteiger partial charge < -0.3 is 9.84 Å². The van der Waals surface area contributed by atoms with E-state index in [1.165, 1.54) is 0 Å². The van der Waals surface area contributed by atoms with Gasteiger partial charge in [0.2, 0.25) is 5.88 Å². The molecular formula is C19H15N3O2. The third-order valence-corrected chi connectivity index (χ3v) is 3.91. The molecule has 0 aliphatic rings. The van der Waals surface area contributed by atoms with Crippen LogP contribution in [0.2, 0.25) is 0 Å². The quantitative estimate of drug-likeness (QED) is 0.625. The van der Waals surface area contributed by atoms with Gasteiger partial charge in [-0.2, -0.15) is 0 Å². The average molecular weight is 317 g/mol. The van der Waals surface area contributed by atoms with Crippen LogP contribution in [0.15, 0.2) is 67.0 Å². The fraction of sp³-hybridized carbons (Fsp3) is 0.0526. The van der Waals surface area contributed by atoms with Gasteiger partial charge in [-0.25, -0.2) is 9.97 Å². The first-order valence-corrected chi connectivity index (χ1v) is 7.54. The third kappa shape index (κ3) is 2.18. The first-order chi connectivity index (χ1) is 11.8. The van der Waals surface area contributed by atoms with Gasteiger partial charge in [0.05, 0.1) is 23.8 Å². The van der Waals surface area contributed by atoms with Crippen molar-refractivity contribution >= 4 is 5.52 Å². The molecule has 0 aliphatic heterocycles. The summed E-state index contributed by atoms with van der Waals surface area (Å²) in [5.74, 6) is 1.38. The Morgan fingerprint density at radius 2 is 1.75 bits per heavy atom. The Morgan fingerprint density at radius 3 is 2.58 bits per heavy atom. The van der Waals surface area contributed by atoms with Gasteiger partial charge in [-0.05, 0) is 36.4 Å². The molecule has 5 heteroatoms. The van der Waals surface area contributed by atoms with Crippen molar-refractivity contribution in [3.63, 3.8) is 0 Å². The number of pyridine rings is 2. The Labute approximate surface area is 138 Å². The third-order valence-electron chi connectivity index (χ3n) is 3.91. The standard InChI is InChI=1S/C19H15N3O2/c1-24-19-14(8-6-11-20-19)17-15-9-4-5-12-22(15)18(21-17)13-7-2-3-10-16(13)23/h2-12,23H,1H3. The predicted molar refractivity (Wildman–Crippen MR) is 92.1 cm³/mol. The number of aromatic nitrogens is 3. The minimum Gasteiger partial charge on any atom is -0.507 e. The van der Waals surface area contributed by atoms with Crippen LogP contribution in [0.3, 0.4) is 0 Å². The topological polar surface area (TPSA) is 59.7 Å². The van der Waals surface area contributed by atoms with Crippen molar-refractivity contribution in [3.05, 3.63) is 67.0 Å². The molecule has 24 heavy (non-hydrogen) atoms. The van der Waals surface area contributed by atoms with Crippen LogP contribution in [0.5, 0.6) is 11.6 Å². The van der Waals surface area contributed by atoms with Crippen LogP contribution in [-0.2, 0) is 0 Å². The molecule has 0 amide bonds. The molecule has 1 aromatic carbocycles. The van der Waals surface area contributed by atoms with Gasteiger partial charge in [-0.15, -0.1) is 0 Å². The van der Waals surface area contributed by atoms with Crippen molar-refractivity contribution in [1.82, 2.24) is 14.4 Å². The number of nitrogens with zero attached hydrogens (tertiary/aromatic N) is 3. The lowest BCUT2D eigenvalue weighted by molar-refractivity contribution is 0.399. The Balaban J connectivity index is 2.04. The van der Waals surface area contributed by atoms with E-state index in [1.807, 2.05) is 53.1 Å². The number of imidazole rings is 1. The summed E-state index contributed by atoms with van der Waals surface area (Å²) < 4.78 is 7.33. The van der Waals surface area contributed by atoms with Crippen LogP contribution in [0.25, 0.3) is 28.2 Å². The maximum Gasteiger partial charge on any atom is 0.222 e. The lowest BCUT2D eigenvalue weighted by Gasteiger charge is -2.04. The molecule has 0 saturated carbocycles. The molecule has 0 aliphatic carbocycles. The summed E-state index contributed by atoms with van der Waals surface area (Å²) in [5.41, 5.74) is 3.17. The molecule has 4 aromatic rings. The average Bonchev–Trinajstić information content (AvgIpc) is 3.01. The second-order valence-corrected chi connectivity index (χ2v) is 5.32. The van der Waals surface area contributed by atoms with Crippen LogP contribution < -0.4 is 4.74 Å². The van der Waals surface area contributed by atoms with Gasteiger partial charge >= 0.3 is 0 Å². The Bertz CT molecular complexity index is 1020. The van der Waals surface area contributed by atoms with Crippen LogP contribution in [0.1, 0.15) is 0 Å². The Morgan fingerprint density at radius 1 is 0.958 bits per heavy atom. The maximum absolute atomic E-state index is 10.2. The molecule has 0 spiro atoms. The summed E-state index contributed by atoms with van der Waals surface area (Å²) >= 11 is 0. The molecule has 0 fully saturated rings. The lowest BCUT2D eigenvalue weighted by Crippen LogP contribution is -1.91. The Kier molecular flexibility index (Phi) is 3.39. The number of ether oxygens (including phenoxy) is 1. The number of phenolic OH excluding ortho intramolecular Hbond substituents is 1. The van der Waals surface area contributed by atoms with Gasteiger partial charge in [0.25, 0.3) is 0 Å². The van der Waals surface area contributed by atoms with Crippen LogP contribution >= 0.6 is 0 Å². The Hall–Kier alpha value is -3.34. The van der Waals surface area contributed by atoms with Gasteiger partial charge in [0, 0.05) is 12.4 Å². The van der Waals surface area contributed by atoms with E-state index in [1.54, 1.807) is 25.4 Å². The summed E-state index contributed by atoms with van der Waals surface area (Å²) in [4.78, 5) is 9.04. The maximum atomic E-state index is 10.2. The minimum absolute atomic E-state index is 0.193. The van der Waals surface area contributed by atoms with E-state index in [-0.39, 0.29) is 5.75 Å². The highest BCUT2D eigenvalue weighted by atomic mass is 16.5. The number of methoxy groups -OCH3 is 1. The molecule has 3 aromatic heterocycles. The lowest BCUT2D eigenvalue weighted by atomic mass is 10.2. The van der Waals surface area contributed by atoms with E-state index in [0.717, 1.165) is 16.8 Å². The van der Waals surface area contributed by atoms with E-state index < -0.39 is 0 Å². The molecule has 0 atom stereocenters. The first-order valence-electron chi connectivity index (χ1n) is 7.54. The molecule has 3 heterocycles. The molecule has 118 valence electrons. The van der Waals surface area contributed by atoms with Crippen LogP contribution in [0, 0.1) is 0 Å². The number of fused-ring (bicyclic) bond motifs is 1. The van der Waals surface area contributed by atoms with E-state index >= 15 is 0 Å². The monoisotopic (exact) mass is 317 g/mol. The largest absolute Gasteiger partial charge is 0.507 e. The molecule has 4 rings (SSSR count). The molecule has 0 unspecified atom stereocenters. The zero-order valence-corrected chi connectivity index (χ0v) is 13.0. The molecule has 0 saturated heterocycles. The highest BCUT2D eigenvalue weighted by Crippen LogP contribution is 2.35. The predicted octanol–water partition coefficient (Wildman–Crippen LogP) is 3.78. The van der Waals surface area contributed by atoms with Crippen LogP contribution in [0.4, 0.5) is 0 Å². The van der Waals surface area contributed by atoms with Crippen molar-refractivity contribution in [2.75, 3.05) is 7.11 Å². The second kappa shape index (κ2) is 5.70. The number of phenols is 1. The number of hydrogen-bond donors (Lipinski definition) is 1. The van der Waals surface area contributed by atoms with Crippen molar-refractivity contribution in [2.45, 2.75) is 0 Å². The minimum atomic E-state index is 0.193. The second-order valence-electron chi connectivity index (χ2n) is 5.32. The number of benzene rings is 1. The molecular weight excluding hydrogens is 302 g/mol. The normalized spacial score (nSPS) is 10.9. The van der Waals surface area contributed by atoms with E-state index in [4.69, 9.17) is 9.72 Å².